The molecule has 16 heavy (non-hydrogen) atoms. The van der Waals surface area contributed by atoms with Crippen molar-refractivity contribution >= 4 is 0 Å². The van der Waals surface area contributed by atoms with E-state index in [-0.39, 0.29) is 0 Å². The minimum absolute atomic E-state index is 0.459. The van der Waals surface area contributed by atoms with E-state index < -0.39 is 42.2 Å². The fourth-order valence-corrected chi connectivity index (χ4v) is 1.02. The number of aromatic nitrogens is 1. The average molecular weight is 241 g/mol. The summed E-state index contributed by atoms with van der Waals surface area (Å²) in [4.78, 5) is 12.9. The van der Waals surface area contributed by atoms with Crippen molar-refractivity contribution in [1.82, 2.24) is 4.98 Å². The number of ether oxygens (including phenoxy) is 1. The maximum absolute atomic E-state index is 12.2. The number of pyridine rings is 1. The molecule has 0 saturated carbocycles. The molecule has 0 bridgehead atoms. The van der Waals surface area contributed by atoms with Gasteiger partial charge in [0, 0.05) is 0 Å². The van der Waals surface area contributed by atoms with E-state index in [1.165, 1.54) is 0 Å². The summed E-state index contributed by atoms with van der Waals surface area (Å²) in [5.74, 6) is -0.817. The van der Waals surface area contributed by atoms with Crippen LogP contribution in [0, 0.1) is 0 Å². The van der Waals surface area contributed by atoms with Crippen LogP contribution in [-0.4, -0.2) is 16.5 Å². The second kappa shape index (κ2) is 4.52. The molecule has 0 aliphatic rings. The quantitative estimate of drug-likeness (QED) is 0.782. The normalized spacial score (nSPS) is 11.6. The van der Waals surface area contributed by atoms with Crippen LogP contribution in [0.5, 0.6) is 5.75 Å². The Morgan fingerprint density at radius 3 is 2.50 bits per heavy atom. The van der Waals surface area contributed by atoms with Gasteiger partial charge in [-0.2, -0.15) is 0 Å². The summed E-state index contributed by atoms with van der Waals surface area (Å²) >= 11 is 0. The Hall–Kier alpha value is -1.57. The average Bonchev–Trinajstić information content (AvgIpc) is 2.18. The van der Waals surface area contributed by atoms with Crippen LogP contribution in [0.3, 0.4) is 0 Å². The molecule has 2 N–H and O–H groups in total. The zero-order valence-electron chi connectivity index (χ0n) is 7.77. The first-order valence-corrected chi connectivity index (χ1v) is 4.05. The Morgan fingerprint density at radius 2 is 2.06 bits per heavy atom. The van der Waals surface area contributed by atoms with Gasteiger partial charge in [-0.25, -0.2) is 4.39 Å². The van der Waals surface area contributed by atoms with Gasteiger partial charge in [-0.1, -0.05) is 0 Å². The molecule has 0 atom stereocenters. The van der Waals surface area contributed by atoms with Crippen LogP contribution < -0.4 is 10.3 Å². The Labute approximate surface area is 86.5 Å². The minimum atomic E-state index is -4.98. The highest BCUT2D eigenvalue weighted by atomic mass is 19.4. The van der Waals surface area contributed by atoms with E-state index in [0.717, 1.165) is 0 Å². The van der Waals surface area contributed by atoms with Gasteiger partial charge < -0.3 is 14.8 Å². The number of hydrogen-bond acceptors (Lipinski definition) is 3. The third kappa shape index (κ3) is 2.96. The van der Waals surface area contributed by atoms with E-state index in [0.29, 0.717) is 6.07 Å². The molecule has 1 heterocycles. The molecule has 90 valence electrons. The van der Waals surface area contributed by atoms with Crippen molar-refractivity contribution in [1.29, 1.82) is 0 Å². The predicted molar refractivity (Wildman–Crippen MR) is 44.5 cm³/mol. The molecule has 0 aliphatic heterocycles. The fourth-order valence-electron chi connectivity index (χ4n) is 1.02. The molecule has 0 aromatic carbocycles. The van der Waals surface area contributed by atoms with Gasteiger partial charge >= 0.3 is 6.36 Å². The van der Waals surface area contributed by atoms with Crippen molar-refractivity contribution in [2.45, 2.75) is 19.6 Å². The van der Waals surface area contributed by atoms with E-state index in [4.69, 9.17) is 5.11 Å². The Morgan fingerprint density at radius 1 is 1.44 bits per heavy atom. The van der Waals surface area contributed by atoms with Crippen LogP contribution in [0.4, 0.5) is 17.6 Å². The summed E-state index contributed by atoms with van der Waals surface area (Å²) in [7, 11) is 0. The first kappa shape index (κ1) is 12.5. The summed E-state index contributed by atoms with van der Waals surface area (Å²) in [5, 5.41) is 8.69. The molecule has 0 radical (unpaired) electrons. The molecule has 0 spiro atoms. The van der Waals surface area contributed by atoms with Gasteiger partial charge in [0.2, 0.25) is 0 Å². The number of aliphatic hydroxyl groups is 1. The van der Waals surface area contributed by atoms with Gasteiger partial charge in [0.25, 0.3) is 5.56 Å². The molecule has 8 heteroatoms. The topological polar surface area (TPSA) is 62.3 Å². The lowest BCUT2D eigenvalue weighted by molar-refractivity contribution is -0.275. The van der Waals surface area contributed by atoms with Crippen LogP contribution in [0.1, 0.15) is 11.3 Å². The number of aliphatic hydroxyl groups excluding tert-OH is 1. The maximum Gasteiger partial charge on any atom is 0.573 e. The van der Waals surface area contributed by atoms with Crippen molar-refractivity contribution in [3.8, 4) is 5.75 Å². The third-order valence-electron chi connectivity index (χ3n) is 1.69. The van der Waals surface area contributed by atoms with Gasteiger partial charge in [-0.05, 0) is 6.07 Å². The van der Waals surface area contributed by atoms with E-state index in [9.17, 15) is 22.4 Å². The van der Waals surface area contributed by atoms with Crippen LogP contribution in [0.2, 0.25) is 0 Å². The molecular weight excluding hydrogens is 234 g/mol. The number of H-pyrrole nitrogens is 1. The Kier molecular flexibility index (Phi) is 3.53. The zero-order valence-corrected chi connectivity index (χ0v) is 7.77. The smallest absolute Gasteiger partial charge is 0.404 e. The Bertz CT molecular complexity index is 426. The van der Waals surface area contributed by atoms with Crippen LogP contribution in [-0.2, 0) is 13.3 Å². The lowest BCUT2D eigenvalue weighted by Crippen LogP contribution is -2.22. The van der Waals surface area contributed by atoms with Crippen molar-refractivity contribution in [3.05, 3.63) is 27.7 Å². The highest BCUT2D eigenvalue weighted by molar-refractivity contribution is 5.31. The minimum Gasteiger partial charge on any atom is -0.404 e. The number of alkyl halides is 4. The maximum atomic E-state index is 12.2. The van der Waals surface area contributed by atoms with E-state index in [1.807, 2.05) is 4.98 Å². The first-order valence-electron chi connectivity index (χ1n) is 4.05. The molecule has 4 nitrogen and oxygen atoms in total. The van der Waals surface area contributed by atoms with Gasteiger partial charge in [0.05, 0.1) is 17.9 Å². The van der Waals surface area contributed by atoms with Gasteiger partial charge in [0.15, 0.2) is 5.75 Å². The largest absolute Gasteiger partial charge is 0.573 e. The van der Waals surface area contributed by atoms with Crippen molar-refractivity contribution in [2.24, 2.45) is 0 Å². The molecular formula is C8H7F4NO3. The number of rotatable bonds is 3. The highest BCUT2D eigenvalue weighted by Crippen LogP contribution is 2.25. The number of halogens is 4. The number of aromatic amines is 1. The van der Waals surface area contributed by atoms with Crippen LogP contribution in [0.25, 0.3) is 0 Å². The summed E-state index contributed by atoms with van der Waals surface area (Å²) in [6, 6.07) is 0.609. The van der Waals surface area contributed by atoms with E-state index in [2.05, 4.69) is 4.74 Å². The molecule has 1 aromatic heterocycles. The second-order valence-corrected chi connectivity index (χ2v) is 2.81. The van der Waals surface area contributed by atoms with Crippen molar-refractivity contribution in [3.63, 3.8) is 0 Å². The molecule has 0 amide bonds. The van der Waals surface area contributed by atoms with Crippen LogP contribution in [0.15, 0.2) is 10.9 Å². The molecule has 0 aliphatic carbocycles. The Balaban J connectivity index is 3.20. The zero-order chi connectivity index (χ0) is 12.3. The summed E-state index contributed by atoms with van der Waals surface area (Å²) in [6.07, 6.45) is -4.98. The standard InChI is InChI=1S/C8H7F4NO3/c9-2-4-1-6(16-8(10,11)12)5(3-14)13-7(4)15/h1,14H,2-3H2,(H,13,15). The molecule has 0 unspecified atom stereocenters. The molecule has 0 saturated heterocycles. The van der Waals surface area contributed by atoms with E-state index >= 15 is 0 Å². The fraction of sp³-hybridized carbons (Fsp3) is 0.375. The summed E-state index contributed by atoms with van der Waals surface area (Å²) in [5.41, 5.74) is -1.86. The lowest BCUT2D eigenvalue weighted by atomic mass is 10.2. The van der Waals surface area contributed by atoms with Crippen LogP contribution >= 0.6 is 0 Å². The highest BCUT2D eigenvalue weighted by Gasteiger charge is 2.32. The predicted octanol–water partition coefficient (Wildman–Crippen LogP) is 1.24. The van der Waals surface area contributed by atoms with Gasteiger partial charge in [-0.15, -0.1) is 13.2 Å². The van der Waals surface area contributed by atoms with E-state index in [1.54, 1.807) is 0 Å². The number of hydrogen-bond donors (Lipinski definition) is 2. The van der Waals surface area contributed by atoms with Crippen molar-refractivity contribution in [2.75, 3.05) is 0 Å². The molecule has 1 rings (SSSR count). The summed E-state index contributed by atoms with van der Waals surface area (Å²) in [6.45, 7) is -2.08. The van der Waals surface area contributed by atoms with Gasteiger partial charge in [-0.3, -0.25) is 4.79 Å². The third-order valence-corrected chi connectivity index (χ3v) is 1.69. The number of nitrogens with one attached hydrogen (secondary N) is 1. The molecule has 0 fully saturated rings. The first-order chi connectivity index (χ1) is 7.37. The lowest BCUT2D eigenvalue weighted by Gasteiger charge is -2.12. The van der Waals surface area contributed by atoms with Gasteiger partial charge in [0.1, 0.15) is 6.67 Å². The monoisotopic (exact) mass is 241 g/mol. The summed E-state index contributed by atoms with van der Waals surface area (Å²) < 4.78 is 51.5. The molecule has 1 aromatic rings. The second-order valence-electron chi connectivity index (χ2n) is 2.81. The SMILES string of the molecule is O=c1[nH]c(CO)c(OC(F)(F)F)cc1CF. The van der Waals surface area contributed by atoms with Crippen molar-refractivity contribution < 1.29 is 27.4 Å².